The number of hydrogen-bond donors (Lipinski definition) is 1. The first kappa shape index (κ1) is 12.5. The molecule has 1 aliphatic heterocycles. The van der Waals surface area contributed by atoms with Gasteiger partial charge in [-0.1, -0.05) is 15.9 Å². The number of halogens is 1. The molecule has 0 unspecified atom stereocenters. The Morgan fingerprint density at radius 2 is 2.12 bits per heavy atom. The summed E-state index contributed by atoms with van der Waals surface area (Å²) < 4.78 is 6.21. The van der Waals surface area contributed by atoms with Gasteiger partial charge in [-0.2, -0.15) is 0 Å². The van der Waals surface area contributed by atoms with E-state index in [1.807, 2.05) is 12.1 Å². The topological polar surface area (TPSA) is 49.8 Å². The third kappa shape index (κ3) is 2.86. The van der Waals surface area contributed by atoms with Gasteiger partial charge in [-0.05, 0) is 18.2 Å². The summed E-state index contributed by atoms with van der Waals surface area (Å²) in [5.74, 6) is -0.251. The molecule has 5 heteroatoms. The second-order valence-electron chi connectivity index (χ2n) is 3.84. The van der Waals surface area contributed by atoms with Crippen molar-refractivity contribution in [2.75, 3.05) is 37.8 Å². The highest BCUT2D eigenvalue weighted by Crippen LogP contribution is 2.26. The minimum Gasteiger partial charge on any atom is -0.388 e. The molecular weight excluding hydrogens is 286 g/mol. The van der Waals surface area contributed by atoms with E-state index in [4.69, 9.17) is 9.84 Å². The summed E-state index contributed by atoms with van der Waals surface area (Å²) in [5, 5.41) is 8.98. The fraction of sp³-hybridized carbons (Fsp3) is 0.417. The van der Waals surface area contributed by atoms with Crippen molar-refractivity contribution in [3.63, 3.8) is 0 Å². The number of benzene rings is 1. The van der Waals surface area contributed by atoms with Gasteiger partial charge in [0, 0.05) is 28.8 Å². The van der Waals surface area contributed by atoms with Crippen LogP contribution < -0.4 is 4.90 Å². The van der Waals surface area contributed by atoms with E-state index in [0.29, 0.717) is 18.8 Å². The molecule has 1 aromatic carbocycles. The maximum absolute atomic E-state index is 11.7. The summed E-state index contributed by atoms with van der Waals surface area (Å²) in [5.41, 5.74) is 1.43. The molecule has 1 aliphatic rings. The molecule has 4 nitrogen and oxygen atoms in total. The number of carbonyl (C=O) groups is 1. The molecule has 1 saturated heterocycles. The summed E-state index contributed by atoms with van der Waals surface area (Å²) in [6.45, 7) is 2.40. The number of aliphatic hydroxyl groups is 1. The minimum absolute atomic E-state index is 0.251. The standard InChI is InChI=1S/C12H14BrNO3/c13-9-1-2-10(12(16)8-15)11(7-9)14-3-5-17-6-4-14/h1-2,7,15H,3-6,8H2. The van der Waals surface area contributed by atoms with Gasteiger partial charge in [0.05, 0.1) is 13.2 Å². The smallest absolute Gasteiger partial charge is 0.190 e. The van der Waals surface area contributed by atoms with Crippen LogP contribution in [0.5, 0.6) is 0 Å². The zero-order valence-electron chi connectivity index (χ0n) is 9.36. The molecular formula is C12H14BrNO3. The van der Waals surface area contributed by atoms with Gasteiger partial charge in [0.1, 0.15) is 6.61 Å². The van der Waals surface area contributed by atoms with Crippen LogP contribution in [0.2, 0.25) is 0 Å². The van der Waals surface area contributed by atoms with Crippen LogP contribution in [0.4, 0.5) is 5.69 Å². The van der Waals surface area contributed by atoms with Gasteiger partial charge >= 0.3 is 0 Å². The number of hydrogen-bond acceptors (Lipinski definition) is 4. The Hall–Kier alpha value is -0.910. The normalized spacial score (nSPS) is 16.0. The lowest BCUT2D eigenvalue weighted by Gasteiger charge is -2.30. The number of nitrogens with zero attached hydrogens (tertiary/aromatic N) is 1. The van der Waals surface area contributed by atoms with E-state index in [1.165, 1.54) is 0 Å². The first-order valence-corrected chi connectivity index (χ1v) is 6.28. The number of anilines is 1. The Balaban J connectivity index is 2.35. The first-order chi connectivity index (χ1) is 8.22. The van der Waals surface area contributed by atoms with Crippen molar-refractivity contribution in [3.8, 4) is 0 Å². The number of ketones is 1. The highest BCUT2D eigenvalue weighted by atomic mass is 79.9. The van der Waals surface area contributed by atoms with Crippen LogP contribution >= 0.6 is 15.9 Å². The first-order valence-electron chi connectivity index (χ1n) is 5.48. The number of aliphatic hydroxyl groups excluding tert-OH is 1. The van der Waals surface area contributed by atoms with E-state index in [2.05, 4.69) is 20.8 Å². The molecule has 0 amide bonds. The summed E-state index contributed by atoms with van der Waals surface area (Å²) in [6.07, 6.45) is 0. The quantitative estimate of drug-likeness (QED) is 0.859. The second-order valence-corrected chi connectivity index (χ2v) is 4.76. The average Bonchev–Trinajstić information content (AvgIpc) is 2.39. The molecule has 0 spiro atoms. The van der Waals surface area contributed by atoms with Gasteiger partial charge in [0.25, 0.3) is 0 Å². The molecule has 17 heavy (non-hydrogen) atoms. The Bertz CT molecular complexity index is 416. The number of Topliss-reactive ketones (excluding diaryl/α,β-unsaturated/α-hetero) is 1. The molecule has 1 fully saturated rings. The number of morpholine rings is 1. The molecule has 0 atom stereocenters. The monoisotopic (exact) mass is 299 g/mol. The van der Waals surface area contributed by atoms with Gasteiger partial charge in [0.15, 0.2) is 5.78 Å². The fourth-order valence-corrected chi connectivity index (χ4v) is 2.24. The van der Waals surface area contributed by atoms with Crippen LogP contribution in [0.25, 0.3) is 0 Å². The highest BCUT2D eigenvalue weighted by Gasteiger charge is 2.18. The number of rotatable bonds is 3. The van der Waals surface area contributed by atoms with Gasteiger partial charge in [-0.15, -0.1) is 0 Å². The van der Waals surface area contributed by atoms with Crippen LogP contribution in [-0.2, 0) is 4.74 Å². The maximum Gasteiger partial charge on any atom is 0.190 e. The van der Waals surface area contributed by atoms with Crippen molar-refractivity contribution in [2.45, 2.75) is 0 Å². The van der Waals surface area contributed by atoms with Gasteiger partial charge in [0.2, 0.25) is 0 Å². The lowest BCUT2D eigenvalue weighted by molar-refractivity contribution is 0.0902. The molecule has 0 bridgehead atoms. The van der Waals surface area contributed by atoms with E-state index >= 15 is 0 Å². The molecule has 0 saturated carbocycles. The average molecular weight is 300 g/mol. The number of carbonyl (C=O) groups excluding carboxylic acids is 1. The largest absolute Gasteiger partial charge is 0.388 e. The summed E-state index contributed by atoms with van der Waals surface area (Å²) in [4.78, 5) is 13.8. The van der Waals surface area contributed by atoms with Crippen molar-refractivity contribution >= 4 is 27.4 Å². The SMILES string of the molecule is O=C(CO)c1ccc(Br)cc1N1CCOCC1. The molecule has 0 aromatic heterocycles. The Kier molecular flexibility index (Phi) is 4.15. The lowest BCUT2D eigenvalue weighted by Crippen LogP contribution is -2.37. The predicted molar refractivity (Wildman–Crippen MR) is 68.6 cm³/mol. The van der Waals surface area contributed by atoms with Gasteiger partial charge < -0.3 is 14.7 Å². The Morgan fingerprint density at radius 1 is 1.41 bits per heavy atom. The van der Waals surface area contributed by atoms with E-state index in [9.17, 15) is 4.79 Å². The summed E-state index contributed by atoms with van der Waals surface area (Å²) in [7, 11) is 0. The van der Waals surface area contributed by atoms with E-state index < -0.39 is 6.61 Å². The lowest BCUT2D eigenvalue weighted by atomic mass is 10.1. The minimum atomic E-state index is -0.459. The van der Waals surface area contributed by atoms with Gasteiger partial charge in [-0.25, -0.2) is 0 Å². The molecule has 0 aliphatic carbocycles. The summed E-state index contributed by atoms with van der Waals surface area (Å²) in [6, 6.07) is 5.47. The zero-order valence-corrected chi connectivity index (χ0v) is 10.9. The van der Waals surface area contributed by atoms with Crippen LogP contribution in [0.15, 0.2) is 22.7 Å². The summed E-state index contributed by atoms with van der Waals surface area (Å²) >= 11 is 3.40. The van der Waals surface area contributed by atoms with Crippen molar-refractivity contribution in [1.82, 2.24) is 0 Å². The van der Waals surface area contributed by atoms with Crippen LogP contribution in [-0.4, -0.2) is 43.8 Å². The van der Waals surface area contributed by atoms with Crippen LogP contribution in [0.3, 0.4) is 0 Å². The van der Waals surface area contributed by atoms with E-state index in [1.54, 1.807) is 6.07 Å². The number of ether oxygens (including phenoxy) is 1. The van der Waals surface area contributed by atoms with E-state index in [-0.39, 0.29) is 5.78 Å². The Labute approximate surface area is 108 Å². The fourth-order valence-electron chi connectivity index (χ4n) is 1.89. The Morgan fingerprint density at radius 3 is 2.76 bits per heavy atom. The molecule has 1 N–H and O–H groups in total. The molecule has 92 valence electrons. The second kappa shape index (κ2) is 5.62. The van der Waals surface area contributed by atoms with Crippen molar-refractivity contribution in [1.29, 1.82) is 0 Å². The maximum atomic E-state index is 11.7. The zero-order chi connectivity index (χ0) is 12.3. The molecule has 1 heterocycles. The third-order valence-electron chi connectivity index (χ3n) is 2.76. The predicted octanol–water partition coefficient (Wildman–Crippen LogP) is 1.46. The van der Waals surface area contributed by atoms with Crippen molar-refractivity contribution in [3.05, 3.63) is 28.2 Å². The van der Waals surface area contributed by atoms with Crippen LogP contribution in [0, 0.1) is 0 Å². The van der Waals surface area contributed by atoms with Crippen molar-refractivity contribution in [2.24, 2.45) is 0 Å². The van der Waals surface area contributed by atoms with Crippen molar-refractivity contribution < 1.29 is 14.6 Å². The van der Waals surface area contributed by atoms with E-state index in [0.717, 1.165) is 23.2 Å². The molecule has 1 aromatic rings. The third-order valence-corrected chi connectivity index (χ3v) is 3.25. The molecule has 2 rings (SSSR count). The molecule has 0 radical (unpaired) electrons. The highest BCUT2D eigenvalue weighted by molar-refractivity contribution is 9.10. The van der Waals surface area contributed by atoms with Gasteiger partial charge in [-0.3, -0.25) is 4.79 Å². The van der Waals surface area contributed by atoms with Crippen LogP contribution in [0.1, 0.15) is 10.4 Å².